The zero-order valence-electron chi connectivity index (χ0n) is 22.6. The molecule has 1 aromatic rings. The van der Waals surface area contributed by atoms with Crippen LogP contribution in [0.3, 0.4) is 0 Å². The lowest BCUT2D eigenvalue weighted by Crippen LogP contribution is -2.67. The van der Waals surface area contributed by atoms with E-state index in [0.717, 1.165) is 0 Å². The van der Waals surface area contributed by atoms with Gasteiger partial charge in [-0.3, -0.25) is 0 Å². The lowest BCUT2D eigenvalue weighted by molar-refractivity contribution is -0.224. The van der Waals surface area contributed by atoms with Gasteiger partial charge < -0.3 is 23.7 Å². The summed E-state index contributed by atoms with van der Waals surface area (Å²) in [6, 6.07) is 4.71. The second-order valence-electron chi connectivity index (χ2n) is 11.9. The van der Waals surface area contributed by atoms with E-state index in [0.29, 0.717) is 20.7 Å². The molecule has 39 heavy (non-hydrogen) atoms. The summed E-state index contributed by atoms with van der Waals surface area (Å²) in [7, 11) is 0. The van der Waals surface area contributed by atoms with E-state index in [4.69, 9.17) is 28.7 Å². The fourth-order valence-corrected chi connectivity index (χ4v) is 5.22. The molecule has 0 N–H and O–H groups in total. The number of carbonyl (C=O) groups excluding carboxylic acids is 2. The van der Waals surface area contributed by atoms with Gasteiger partial charge in [0.2, 0.25) is 0 Å². The third-order valence-corrected chi connectivity index (χ3v) is 7.04. The van der Waals surface area contributed by atoms with Crippen LogP contribution in [0.25, 0.3) is 0 Å². The molecular weight excluding hydrogens is 589 g/mol. The normalized spacial score (nSPS) is 23.7. The SMILES string of the molecule is CC(C)(C)OC(=O)N(C(=O)OC(C)(C)C)C1=NC2(CO1)c1cc(Br)ccc1OC(CCC(F)(F)F)C21COC1. The molecule has 0 radical (unpaired) electrons. The minimum Gasteiger partial charge on any atom is -0.489 e. The van der Waals surface area contributed by atoms with Gasteiger partial charge in [-0.2, -0.15) is 13.2 Å². The zero-order valence-corrected chi connectivity index (χ0v) is 24.2. The van der Waals surface area contributed by atoms with Gasteiger partial charge in [-0.1, -0.05) is 15.9 Å². The molecule has 2 unspecified atom stereocenters. The first-order valence-electron chi connectivity index (χ1n) is 12.5. The second kappa shape index (κ2) is 9.83. The standard InChI is InChI=1S/C26H32BrF3N2O7/c1-22(2,3)38-20(33)32(21(34)39-23(4,5)6)19-31-25(14-36-19)16-11-15(27)7-8-17(16)37-18(9-10-26(28,29)30)24(25)12-35-13-24/h7-8,11,18H,9-10,12-14H2,1-6H3. The van der Waals surface area contributed by atoms with Crippen LogP contribution in [0.1, 0.15) is 59.9 Å². The van der Waals surface area contributed by atoms with Crippen molar-refractivity contribution in [3.8, 4) is 5.75 Å². The Labute approximate surface area is 233 Å². The van der Waals surface area contributed by atoms with Crippen molar-refractivity contribution in [2.24, 2.45) is 10.4 Å². The third-order valence-electron chi connectivity index (χ3n) is 6.55. The van der Waals surface area contributed by atoms with Crippen LogP contribution in [-0.2, 0) is 24.5 Å². The minimum absolute atomic E-state index is 0.0422. The maximum absolute atomic E-state index is 13.3. The average Bonchev–Trinajstić information content (AvgIpc) is 3.13. The van der Waals surface area contributed by atoms with Gasteiger partial charge in [-0.15, -0.1) is 4.90 Å². The Morgan fingerprint density at radius 2 is 1.64 bits per heavy atom. The van der Waals surface area contributed by atoms with Crippen LogP contribution in [0.2, 0.25) is 0 Å². The number of amides is 2. The molecular formula is C26H32BrF3N2O7. The molecule has 0 saturated carbocycles. The third kappa shape index (κ3) is 5.84. The summed E-state index contributed by atoms with van der Waals surface area (Å²) in [5, 5.41) is 0. The van der Waals surface area contributed by atoms with Crippen LogP contribution in [0, 0.1) is 5.41 Å². The summed E-state index contributed by atoms with van der Waals surface area (Å²) in [6.45, 7) is 9.71. The molecule has 1 saturated heterocycles. The molecule has 2 amide bonds. The number of benzene rings is 1. The maximum Gasteiger partial charge on any atom is 0.428 e. The number of carbonyl (C=O) groups is 2. The molecule has 1 aromatic carbocycles. The van der Waals surface area contributed by atoms with Crippen molar-refractivity contribution in [1.29, 1.82) is 0 Å². The first-order chi connectivity index (χ1) is 17.9. The predicted octanol–water partition coefficient (Wildman–Crippen LogP) is 6.32. The van der Waals surface area contributed by atoms with Crippen molar-refractivity contribution >= 4 is 34.1 Å². The second-order valence-corrected chi connectivity index (χ2v) is 12.8. The summed E-state index contributed by atoms with van der Waals surface area (Å²) in [4.78, 5) is 31.8. The lowest BCUT2D eigenvalue weighted by atomic mass is 9.59. The summed E-state index contributed by atoms with van der Waals surface area (Å²) in [5.41, 5.74) is -3.77. The number of hydrogen-bond donors (Lipinski definition) is 0. The number of ether oxygens (including phenoxy) is 5. The van der Waals surface area contributed by atoms with Crippen LogP contribution in [0.5, 0.6) is 5.75 Å². The number of rotatable bonds is 2. The Morgan fingerprint density at radius 3 is 2.13 bits per heavy atom. The lowest BCUT2D eigenvalue weighted by Gasteiger charge is -2.57. The van der Waals surface area contributed by atoms with Crippen LogP contribution >= 0.6 is 15.9 Å². The molecule has 0 aliphatic carbocycles. The van der Waals surface area contributed by atoms with Gasteiger partial charge in [0.1, 0.15) is 35.2 Å². The first-order valence-corrected chi connectivity index (χ1v) is 13.3. The van der Waals surface area contributed by atoms with Crippen molar-refractivity contribution in [1.82, 2.24) is 4.90 Å². The highest BCUT2D eigenvalue weighted by molar-refractivity contribution is 9.10. The van der Waals surface area contributed by atoms with E-state index in [1.807, 2.05) is 0 Å². The number of amidine groups is 1. The van der Waals surface area contributed by atoms with E-state index in [2.05, 4.69) is 15.9 Å². The van der Waals surface area contributed by atoms with Gasteiger partial charge in [0.15, 0.2) is 0 Å². The van der Waals surface area contributed by atoms with E-state index in [1.165, 1.54) is 0 Å². The zero-order chi connectivity index (χ0) is 29.0. The fraction of sp³-hybridized carbons (Fsp3) is 0.654. The topological polar surface area (TPSA) is 95.9 Å². The Bertz CT molecular complexity index is 1140. The quantitative estimate of drug-likeness (QED) is 0.381. The molecule has 3 aliphatic heterocycles. The highest BCUT2D eigenvalue weighted by atomic mass is 79.9. The molecule has 3 heterocycles. The number of fused-ring (bicyclic) bond motifs is 3. The number of halogens is 4. The molecule has 0 aromatic heterocycles. The highest BCUT2D eigenvalue weighted by Gasteiger charge is 2.68. The molecule has 9 nitrogen and oxygen atoms in total. The summed E-state index contributed by atoms with van der Waals surface area (Å²) < 4.78 is 68.9. The van der Waals surface area contributed by atoms with Crippen LogP contribution < -0.4 is 4.74 Å². The van der Waals surface area contributed by atoms with Crippen LogP contribution in [0.15, 0.2) is 27.7 Å². The van der Waals surface area contributed by atoms with Gasteiger partial charge >= 0.3 is 24.4 Å². The highest BCUT2D eigenvalue weighted by Crippen LogP contribution is 2.60. The number of nitrogens with zero attached hydrogens (tertiary/aromatic N) is 2. The van der Waals surface area contributed by atoms with Crippen molar-refractivity contribution in [2.45, 2.75) is 83.4 Å². The van der Waals surface area contributed by atoms with Gasteiger partial charge in [0, 0.05) is 16.5 Å². The Hall–Kier alpha value is -2.54. The van der Waals surface area contributed by atoms with Crippen molar-refractivity contribution in [2.75, 3.05) is 19.8 Å². The van der Waals surface area contributed by atoms with Crippen LogP contribution in [0.4, 0.5) is 22.8 Å². The van der Waals surface area contributed by atoms with Gasteiger partial charge in [-0.25, -0.2) is 14.6 Å². The van der Waals surface area contributed by atoms with Crippen molar-refractivity contribution < 1.29 is 46.4 Å². The van der Waals surface area contributed by atoms with Gasteiger partial charge in [0.05, 0.1) is 18.6 Å². The van der Waals surface area contributed by atoms with Crippen molar-refractivity contribution in [3.05, 3.63) is 28.2 Å². The smallest absolute Gasteiger partial charge is 0.428 e. The van der Waals surface area contributed by atoms with E-state index < -0.39 is 53.0 Å². The molecule has 3 aliphatic rings. The number of hydrogen-bond acceptors (Lipinski definition) is 8. The number of imide groups is 1. The average molecular weight is 621 g/mol. The van der Waals surface area contributed by atoms with E-state index in [1.54, 1.807) is 59.7 Å². The maximum atomic E-state index is 13.3. The molecule has 2 spiro atoms. The summed E-state index contributed by atoms with van der Waals surface area (Å²) in [6.07, 6.45) is -8.86. The van der Waals surface area contributed by atoms with Crippen molar-refractivity contribution in [3.63, 3.8) is 0 Å². The minimum atomic E-state index is -4.40. The van der Waals surface area contributed by atoms with E-state index in [9.17, 15) is 22.8 Å². The number of alkyl halides is 3. The monoisotopic (exact) mass is 620 g/mol. The first kappa shape index (κ1) is 29.4. The molecule has 4 rings (SSSR count). The fourth-order valence-electron chi connectivity index (χ4n) is 4.86. The Morgan fingerprint density at radius 1 is 1.05 bits per heavy atom. The number of aliphatic imine (C=N–C) groups is 1. The molecule has 0 bridgehead atoms. The van der Waals surface area contributed by atoms with E-state index in [-0.39, 0.29) is 32.3 Å². The summed E-state index contributed by atoms with van der Waals surface area (Å²) in [5.74, 6) is 0.331. The Kier molecular flexibility index (Phi) is 7.42. The molecule has 2 atom stereocenters. The Balaban J connectivity index is 1.84. The summed E-state index contributed by atoms with van der Waals surface area (Å²) >= 11 is 3.44. The van der Waals surface area contributed by atoms with Crippen LogP contribution in [-0.4, -0.2) is 66.4 Å². The van der Waals surface area contributed by atoms with Gasteiger partial charge in [0.25, 0.3) is 0 Å². The largest absolute Gasteiger partial charge is 0.489 e. The molecule has 216 valence electrons. The molecule has 13 heteroatoms. The van der Waals surface area contributed by atoms with E-state index >= 15 is 0 Å². The predicted molar refractivity (Wildman–Crippen MR) is 136 cm³/mol. The molecule has 1 fully saturated rings. The van der Waals surface area contributed by atoms with Gasteiger partial charge in [-0.05, 0) is 66.2 Å².